The van der Waals surface area contributed by atoms with Crippen molar-refractivity contribution in [2.75, 3.05) is 0 Å². The van der Waals surface area contributed by atoms with E-state index in [4.69, 9.17) is 0 Å². The molecule has 1 aromatic heterocycles. The van der Waals surface area contributed by atoms with Crippen molar-refractivity contribution >= 4 is 12.3 Å². The highest BCUT2D eigenvalue weighted by Crippen LogP contribution is 2.20. The summed E-state index contributed by atoms with van der Waals surface area (Å²) in [6, 6.07) is 0. The van der Waals surface area contributed by atoms with Gasteiger partial charge in [-0.15, -0.1) is 0 Å². The zero-order valence-electron chi connectivity index (χ0n) is 10.7. The molecule has 1 aliphatic heterocycles. The molecule has 0 bridgehead atoms. The Morgan fingerprint density at radius 3 is 2.19 bits per heavy atom. The molecular weight excluding hydrogens is 196 g/mol. The van der Waals surface area contributed by atoms with Gasteiger partial charge in [0, 0.05) is 28.6 Å². The number of aryl methyl sites for hydroxylation is 1. The topological polar surface area (TPSA) is 29.8 Å². The van der Waals surface area contributed by atoms with Crippen molar-refractivity contribution in [1.82, 2.24) is 4.98 Å². The number of aromatic amines is 1. The number of H-pyrrole nitrogens is 1. The van der Waals surface area contributed by atoms with Crippen LogP contribution in [0.15, 0.2) is 16.8 Å². The SMILES string of the molecule is CC1=C(C)C(=Cc2[nH]c(C)c(C)c2C)[NH+]=C1. The Hall–Kier alpha value is -1.57. The Balaban J connectivity index is 2.46. The van der Waals surface area contributed by atoms with E-state index in [0.29, 0.717) is 0 Å². The van der Waals surface area contributed by atoms with Crippen LogP contribution >= 0.6 is 0 Å². The van der Waals surface area contributed by atoms with Gasteiger partial charge < -0.3 is 4.98 Å². The third kappa shape index (κ3) is 1.64. The summed E-state index contributed by atoms with van der Waals surface area (Å²) in [5, 5.41) is 0. The fourth-order valence-electron chi connectivity index (χ4n) is 1.93. The van der Waals surface area contributed by atoms with Crippen LogP contribution < -0.4 is 4.99 Å². The maximum atomic E-state index is 3.42. The first-order valence-corrected chi connectivity index (χ1v) is 5.65. The molecule has 2 heteroatoms. The third-order valence-corrected chi connectivity index (χ3v) is 3.58. The Morgan fingerprint density at radius 2 is 1.75 bits per heavy atom. The lowest BCUT2D eigenvalue weighted by Gasteiger charge is -1.94. The number of rotatable bonds is 1. The van der Waals surface area contributed by atoms with Crippen molar-refractivity contribution in [1.29, 1.82) is 0 Å². The summed E-state index contributed by atoms with van der Waals surface area (Å²) in [5.41, 5.74) is 8.98. The highest BCUT2D eigenvalue weighted by Gasteiger charge is 2.16. The van der Waals surface area contributed by atoms with Gasteiger partial charge in [0.05, 0.1) is 0 Å². The normalized spacial score (nSPS) is 17.9. The predicted octanol–water partition coefficient (Wildman–Crippen LogP) is 1.78. The molecule has 0 amide bonds. The van der Waals surface area contributed by atoms with Crippen LogP contribution in [0.2, 0.25) is 0 Å². The summed E-state index contributed by atoms with van der Waals surface area (Å²) >= 11 is 0. The smallest absolute Gasteiger partial charge is 0.209 e. The van der Waals surface area contributed by atoms with Gasteiger partial charge in [0.1, 0.15) is 0 Å². The van der Waals surface area contributed by atoms with Crippen LogP contribution in [0.4, 0.5) is 0 Å². The van der Waals surface area contributed by atoms with Crippen molar-refractivity contribution < 1.29 is 4.99 Å². The Bertz CT molecular complexity index is 525. The second-order valence-electron chi connectivity index (χ2n) is 4.57. The molecule has 2 rings (SSSR count). The first kappa shape index (κ1) is 10.9. The number of hydrogen-bond acceptors (Lipinski definition) is 0. The highest BCUT2D eigenvalue weighted by molar-refractivity contribution is 5.80. The van der Waals surface area contributed by atoms with E-state index < -0.39 is 0 Å². The number of hydrogen-bond donors (Lipinski definition) is 2. The quantitative estimate of drug-likeness (QED) is 0.715. The van der Waals surface area contributed by atoms with Crippen molar-refractivity contribution in [3.05, 3.63) is 39.4 Å². The fraction of sp³-hybridized carbons (Fsp3) is 0.357. The molecule has 0 aromatic carbocycles. The number of aromatic nitrogens is 1. The first-order valence-electron chi connectivity index (χ1n) is 5.65. The van der Waals surface area contributed by atoms with E-state index in [0.717, 1.165) is 0 Å². The van der Waals surface area contributed by atoms with Gasteiger partial charge in [0.15, 0.2) is 6.21 Å². The largest absolute Gasteiger partial charge is 0.358 e. The van der Waals surface area contributed by atoms with Gasteiger partial charge >= 0.3 is 0 Å². The maximum absolute atomic E-state index is 3.42. The molecule has 0 radical (unpaired) electrons. The summed E-state index contributed by atoms with van der Waals surface area (Å²) in [6.07, 6.45) is 4.25. The fourth-order valence-corrected chi connectivity index (χ4v) is 1.93. The Morgan fingerprint density at radius 1 is 1.06 bits per heavy atom. The van der Waals surface area contributed by atoms with Crippen molar-refractivity contribution in [3.63, 3.8) is 0 Å². The van der Waals surface area contributed by atoms with E-state index in [2.05, 4.69) is 56.9 Å². The molecule has 2 heterocycles. The van der Waals surface area contributed by atoms with Crippen LogP contribution in [-0.2, 0) is 0 Å². The summed E-state index contributed by atoms with van der Waals surface area (Å²) < 4.78 is 0. The van der Waals surface area contributed by atoms with Crippen molar-refractivity contribution in [2.24, 2.45) is 0 Å². The number of nitrogens with one attached hydrogen (secondary N) is 2. The second-order valence-corrected chi connectivity index (χ2v) is 4.57. The zero-order chi connectivity index (χ0) is 11.9. The van der Waals surface area contributed by atoms with E-state index in [1.165, 1.54) is 39.4 Å². The highest BCUT2D eigenvalue weighted by atomic mass is 14.8. The summed E-state index contributed by atoms with van der Waals surface area (Å²) in [5.74, 6) is 0. The standard InChI is InChI=1S/C14H18N2/c1-8-7-15-13(9(8)2)6-14-11(4)10(3)12(5)16-14/h6-7,16H,1-5H3/p+1. The molecule has 0 unspecified atom stereocenters. The molecule has 0 saturated heterocycles. The molecule has 1 aromatic rings. The monoisotopic (exact) mass is 215 g/mol. The molecule has 16 heavy (non-hydrogen) atoms. The van der Waals surface area contributed by atoms with E-state index in [-0.39, 0.29) is 0 Å². The van der Waals surface area contributed by atoms with Crippen molar-refractivity contribution in [2.45, 2.75) is 34.6 Å². The lowest BCUT2D eigenvalue weighted by Crippen LogP contribution is -2.64. The van der Waals surface area contributed by atoms with Gasteiger partial charge in [-0.25, -0.2) is 4.99 Å². The Kier molecular flexibility index (Phi) is 2.58. The molecule has 0 atom stereocenters. The van der Waals surface area contributed by atoms with Gasteiger partial charge in [-0.1, -0.05) is 0 Å². The molecular formula is C14H19N2+. The van der Waals surface area contributed by atoms with Gasteiger partial charge in [0.2, 0.25) is 5.70 Å². The molecule has 0 spiro atoms. The minimum atomic E-state index is 1.20. The van der Waals surface area contributed by atoms with Crippen LogP contribution in [0.3, 0.4) is 0 Å². The predicted molar refractivity (Wildman–Crippen MR) is 68.4 cm³/mol. The second kappa shape index (κ2) is 3.78. The van der Waals surface area contributed by atoms with Gasteiger partial charge in [-0.05, 0) is 45.7 Å². The molecule has 84 valence electrons. The van der Waals surface area contributed by atoms with Gasteiger partial charge in [0.25, 0.3) is 0 Å². The van der Waals surface area contributed by atoms with Gasteiger partial charge in [-0.3, -0.25) is 0 Å². The molecule has 0 saturated carbocycles. The lowest BCUT2D eigenvalue weighted by molar-refractivity contribution is -0.380. The average molecular weight is 215 g/mol. The lowest BCUT2D eigenvalue weighted by atomic mass is 10.1. The minimum absolute atomic E-state index is 1.20. The van der Waals surface area contributed by atoms with E-state index in [1.54, 1.807) is 0 Å². The molecule has 0 aliphatic carbocycles. The van der Waals surface area contributed by atoms with Crippen molar-refractivity contribution in [3.8, 4) is 0 Å². The molecule has 2 N–H and O–H groups in total. The maximum Gasteiger partial charge on any atom is 0.209 e. The summed E-state index contributed by atoms with van der Waals surface area (Å²) in [6.45, 7) is 10.7. The van der Waals surface area contributed by atoms with Crippen LogP contribution in [-0.4, -0.2) is 11.2 Å². The van der Waals surface area contributed by atoms with Crippen LogP contribution in [0.5, 0.6) is 0 Å². The summed E-state index contributed by atoms with van der Waals surface area (Å²) in [4.78, 5) is 6.72. The molecule has 0 fully saturated rings. The van der Waals surface area contributed by atoms with Crippen LogP contribution in [0.1, 0.15) is 36.4 Å². The van der Waals surface area contributed by atoms with Crippen LogP contribution in [0, 0.1) is 20.8 Å². The minimum Gasteiger partial charge on any atom is -0.358 e. The zero-order valence-corrected chi connectivity index (χ0v) is 10.7. The molecule has 1 aliphatic rings. The van der Waals surface area contributed by atoms with Crippen LogP contribution in [0.25, 0.3) is 6.08 Å². The van der Waals surface area contributed by atoms with Gasteiger partial charge in [-0.2, -0.15) is 0 Å². The summed E-state index contributed by atoms with van der Waals surface area (Å²) in [7, 11) is 0. The van der Waals surface area contributed by atoms with E-state index in [9.17, 15) is 0 Å². The average Bonchev–Trinajstić information content (AvgIpc) is 2.68. The first-order chi connectivity index (χ1) is 7.50. The van der Waals surface area contributed by atoms with E-state index in [1.807, 2.05) is 0 Å². The number of allylic oxidation sites excluding steroid dienone is 2. The Labute approximate surface area is 96.8 Å². The van der Waals surface area contributed by atoms with E-state index >= 15 is 0 Å². The molecule has 2 nitrogen and oxygen atoms in total. The third-order valence-electron chi connectivity index (χ3n) is 3.58.